The van der Waals surface area contributed by atoms with Crippen LogP contribution < -0.4 is 10.6 Å². The Balaban J connectivity index is 1.98. The fourth-order valence-electron chi connectivity index (χ4n) is 2.42. The normalized spacial score (nSPS) is 17.6. The average molecular weight is 382 g/mol. The summed E-state index contributed by atoms with van der Waals surface area (Å²) in [7, 11) is 0. The minimum absolute atomic E-state index is 0.281. The fourth-order valence-corrected chi connectivity index (χ4v) is 2.67. The molecule has 6 nitrogen and oxygen atoms in total. The van der Waals surface area contributed by atoms with Gasteiger partial charge in [-0.1, -0.05) is 29.8 Å². The molecule has 1 aromatic rings. The van der Waals surface area contributed by atoms with Crippen LogP contribution in [0, 0.1) is 12.8 Å². The molecule has 0 radical (unpaired) electrons. The zero-order valence-corrected chi connectivity index (χ0v) is 14.9. The summed E-state index contributed by atoms with van der Waals surface area (Å²) in [6, 6.07) is 4.35. The molecule has 1 saturated heterocycles. The van der Waals surface area contributed by atoms with E-state index in [0.29, 0.717) is 12.1 Å². The van der Waals surface area contributed by atoms with Crippen LogP contribution in [0.5, 0.6) is 0 Å². The first-order valence-electron chi connectivity index (χ1n) is 7.45. The van der Waals surface area contributed by atoms with Crippen LogP contribution in [0.4, 0.5) is 10.5 Å². The zero-order valence-electron chi connectivity index (χ0n) is 13.4. The molecule has 1 aromatic carbocycles. The Morgan fingerprint density at radius 1 is 1.39 bits per heavy atom. The van der Waals surface area contributed by atoms with Crippen LogP contribution >= 0.6 is 15.9 Å². The highest BCUT2D eigenvalue weighted by Gasteiger charge is 2.38. The SMILES string of the molecule is Cc1cc(NC(=O)CN2C(=O)N[C@@H](CC(C)C)C2=O)ccc1Br. The summed E-state index contributed by atoms with van der Waals surface area (Å²) in [5.74, 6) is -0.463. The lowest BCUT2D eigenvalue weighted by Gasteiger charge is -2.14. The second kappa shape index (κ2) is 7.12. The lowest BCUT2D eigenvalue weighted by Crippen LogP contribution is -2.38. The maximum atomic E-state index is 12.2. The van der Waals surface area contributed by atoms with Gasteiger partial charge in [0, 0.05) is 10.2 Å². The van der Waals surface area contributed by atoms with Crippen LogP contribution in [0.1, 0.15) is 25.8 Å². The van der Waals surface area contributed by atoms with Crippen molar-refractivity contribution >= 4 is 39.5 Å². The van der Waals surface area contributed by atoms with Crippen molar-refractivity contribution < 1.29 is 14.4 Å². The van der Waals surface area contributed by atoms with E-state index in [1.165, 1.54) is 0 Å². The average Bonchev–Trinajstić information content (AvgIpc) is 2.70. The summed E-state index contributed by atoms with van der Waals surface area (Å²) in [4.78, 5) is 37.1. The van der Waals surface area contributed by atoms with E-state index in [2.05, 4.69) is 26.6 Å². The van der Waals surface area contributed by atoms with Gasteiger partial charge in [0.25, 0.3) is 5.91 Å². The van der Waals surface area contributed by atoms with Crippen LogP contribution in [0.2, 0.25) is 0 Å². The number of hydrogen-bond acceptors (Lipinski definition) is 3. The molecule has 1 aliphatic heterocycles. The standard InChI is InChI=1S/C16H20BrN3O3/c1-9(2)6-13-15(22)20(16(23)19-13)8-14(21)18-11-4-5-12(17)10(3)7-11/h4-5,7,9,13H,6,8H2,1-3H3,(H,18,21)(H,19,23)/t13-/m0/s1. The van der Waals surface area contributed by atoms with Gasteiger partial charge in [0.1, 0.15) is 12.6 Å². The molecule has 0 aliphatic carbocycles. The van der Waals surface area contributed by atoms with Crippen LogP contribution in [0.3, 0.4) is 0 Å². The second-order valence-electron chi connectivity index (χ2n) is 6.07. The van der Waals surface area contributed by atoms with E-state index in [4.69, 9.17) is 0 Å². The predicted molar refractivity (Wildman–Crippen MR) is 91.0 cm³/mol. The minimum atomic E-state index is -0.537. The monoisotopic (exact) mass is 381 g/mol. The highest BCUT2D eigenvalue weighted by atomic mass is 79.9. The molecule has 1 fully saturated rings. The zero-order chi connectivity index (χ0) is 17.1. The lowest BCUT2D eigenvalue weighted by molar-refractivity contribution is -0.131. The van der Waals surface area contributed by atoms with E-state index in [0.717, 1.165) is 14.9 Å². The van der Waals surface area contributed by atoms with Gasteiger partial charge in [-0.2, -0.15) is 0 Å². The first-order chi connectivity index (χ1) is 10.8. The van der Waals surface area contributed by atoms with Crippen molar-refractivity contribution in [2.45, 2.75) is 33.2 Å². The molecule has 1 aliphatic rings. The number of anilines is 1. The Morgan fingerprint density at radius 3 is 2.70 bits per heavy atom. The number of aryl methyl sites for hydroxylation is 1. The van der Waals surface area contributed by atoms with E-state index < -0.39 is 18.0 Å². The molecule has 1 heterocycles. The molecule has 0 saturated carbocycles. The highest BCUT2D eigenvalue weighted by Crippen LogP contribution is 2.20. The maximum absolute atomic E-state index is 12.2. The Hall–Kier alpha value is -1.89. The van der Waals surface area contributed by atoms with Crippen molar-refractivity contribution in [3.8, 4) is 0 Å². The van der Waals surface area contributed by atoms with E-state index >= 15 is 0 Å². The quantitative estimate of drug-likeness (QED) is 0.769. The summed E-state index contributed by atoms with van der Waals surface area (Å²) >= 11 is 3.39. The summed E-state index contributed by atoms with van der Waals surface area (Å²) in [6.45, 7) is 5.58. The number of carbonyl (C=O) groups excluding carboxylic acids is 3. The van der Waals surface area contributed by atoms with Crippen molar-refractivity contribution in [2.24, 2.45) is 5.92 Å². The Kier molecular flexibility index (Phi) is 5.41. The van der Waals surface area contributed by atoms with Crippen molar-refractivity contribution in [2.75, 3.05) is 11.9 Å². The molecule has 7 heteroatoms. The number of imide groups is 1. The van der Waals surface area contributed by atoms with Gasteiger partial charge in [0.05, 0.1) is 0 Å². The predicted octanol–water partition coefficient (Wildman–Crippen LogP) is 2.66. The van der Waals surface area contributed by atoms with Gasteiger partial charge in [-0.15, -0.1) is 0 Å². The number of halogens is 1. The number of benzene rings is 1. The molecule has 0 bridgehead atoms. The number of carbonyl (C=O) groups is 3. The number of rotatable bonds is 5. The first-order valence-corrected chi connectivity index (χ1v) is 8.25. The first kappa shape index (κ1) is 17.5. The topological polar surface area (TPSA) is 78.5 Å². The number of nitrogens with zero attached hydrogens (tertiary/aromatic N) is 1. The van der Waals surface area contributed by atoms with Gasteiger partial charge in [0.15, 0.2) is 0 Å². The maximum Gasteiger partial charge on any atom is 0.325 e. The molecule has 23 heavy (non-hydrogen) atoms. The van der Waals surface area contributed by atoms with Gasteiger partial charge in [-0.3, -0.25) is 14.5 Å². The molecule has 1 atom stereocenters. The van der Waals surface area contributed by atoms with Crippen LogP contribution in [0.25, 0.3) is 0 Å². The van der Waals surface area contributed by atoms with Crippen LogP contribution in [-0.2, 0) is 9.59 Å². The minimum Gasteiger partial charge on any atom is -0.326 e. The molecule has 0 spiro atoms. The molecule has 0 aromatic heterocycles. The molecular formula is C16H20BrN3O3. The Morgan fingerprint density at radius 2 is 2.09 bits per heavy atom. The van der Waals surface area contributed by atoms with Crippen molar-refractivity contribution in [1.82, 2.24) is 10.2 Å². The number of hydrogen-bond donors (Lipinski definition) is 2. The third kappa shape index (κ3) is 4.31. The van der Waals surface area contributed by atoms with Gasteiger partial charge in [-0.05, 0) is 43.0 Å². The summed E-state index contributed by atoms with van der Waals surface area (Å²) in [6.07, 6.45) is 0.564. The summed E-state index contributed by atoms with van der Waals surface area (Å²) in [5.41, 5.74) is 1.61. The number of urea groups is 1. The summed E-state index contributed by atoms with van der Waals surface area (Å²) < 4.78 is 0.945. The third-order valence-corrected chi connectivity index (χ3v) is 4.45. The van der Waals surface area contributed by atoms with Crippen LogP contribution in [0.15, 0.2) is 22.7 Å². The molecule has 2 rings (SSSR count). The van der Waals surface area contributed by atoms with Gasteiger partial charge >= 0.3 is 6.03 Å². The van der Waals surface area contributed by atoms with Gasteiger partial charge < -0.3 is 10.6 Å². The van der Waals surface area contributed by atoms with Gasteiger partial charge in [-0.25, -0.2) is 4.79 Å². The largest absolute Gasteiger partial charge is 0.326 e. The van der Waals surface area contributed by atoms with E-state index in [-0.39, 0.29) is 18.4 Å². The van der Waals surface area contributed by atoms with Gasteiger partial charge in [0.2, 0.25) is 5.91 Å². The molecule has 2 N–H and O–H groups in total. The number of amides is 4. The lowest BCUT2D eigenvalue weighted by atomic mass is 10.0. The third-order valence-electron chi connectivity index (χ3n) is 3.56. The van der Waals surface area contributed by atoms with Crippen molar-refractivity contribution in [3.05, 3.63) is 28.2 Å². The Labute approximate surface area is 143 Å². The Bertz CT molecular complexity index is 645. The summed E-state index contributed by atoms with van der Waals surface area (Å²) in [5, 5.41) is 5.32. The molecule has 4 amide bonds. The van der Waals surface area contributed by atoms with Crippen molar-refractivity contribution in [3.63, 3.8) is 0 Å². The molecule has 0 unspecified atom stereocenters. The van der Waals surface area contributed by atoms with Crippen molar-refractivity contribution in [1.29, 1.82) is 0 Å². The van der Waals surface area contributed by atoms with E-state index in [9.17, 15) is 14.4 Å². The molecule has 124 valence electrons. The molecular weight excluding hydrogens is 362 g/mol. The smallest absolute Gasteiger partial charge is 0.325 e. The number of nitrogens with one attached hydrogen (secondary N) is 2. The highest BCUT2D eigenvalue weighted by molar-refractivity contribution is 9.10. The fraction of sp³-hybridized carbons (Fsp3) is 0.438. The van der Waals surface area contributed by atoms with E-state index in [1.807, 2.05) is 32.9 Å². The van der Waals surface area contributed by atoms with E-state index in [1.54, 1.807) is 6.07 Å². The second-order valence-corrected chi connectivity index (χ2v) is 6.92. The van der Waals surface area contributed by atoms with Crippen LogP contribution in [-0.4, -0.2) is 35.3 Å².